The van der Waals surface area contributed by atoms with Gasteiger partial charge < -0.3 is 20.1 Å². The topological polar surface area (TPSA) is 150 Å². The van der Waals surface area contributed by atoms with E-state index in [4.69, 9.17) is 19.4 Å². The van der Waals surface area contributed by atoms with E-state index in [1.54, 1.807) is 13.8 Å². The lowest BCUT2D eigenvalue weighted by Gasteiger charge is -2.18. The molecule has 0 saturated carbocycles. The van der Waals surface area contributed by atoms with Crippen molar-refractivity contribution in [1.82, 2.24) is 9.97 Å². The van der Waals surface area contributed by atoms with E-state index in [0.29, 0.717) is 90.9 Å². The van der Waals surface area contributed by atoms with Crippen LogP contribution in [0.1, 0.15) is 95.6 Å². The fourth-order valence-corrected chi connectivity index (χ4v) is 9.05. The fourth-order valence-electron chi connectivity index (χ4n) is 6.98. The van der Waals surface area contributed by atoms with E-state index in [2.05, 4.69) is 36.6 Å². The van der Waals surface area contributed by atoms with Crippen molar-refractivity contribution in [2.45, 2.75) is 76.3 Å². The highest BCUT2D eigenvalue weighted by Gasteiger charge is 2.26. The number of aryl methyl sites for hydroxylation is 2. The number of benzene rings is 4. The molecule has 0 aliphatic carbocycles. The Labute approximate surface area is 384 Å². The number of carbonyl (C=O) groups excluding carboxylic acids is 2. The third-order valence-corrected chi connectivity index (χ3v) is 12.4. The Morgan fingerprint density at radius 1 is 0.562 bits per heavy atom. The number of thioether (sulfide) groups is 2. The molecule has 0 fully saturated rings. The van der Waals surface area contributed by atoms with Crippen LogP contribution >= 0.6 is 23.5 Å². The van der Waals surface area contributed by atoms with Crippen molar-refractivity contribution in [3.63, 3.8) is 0 Å². The Morgan fingerprint density at radius 3 is 1.28 bits per heavy atom. The molecule has 6 aromatic rings. The summed E-state index contributed by atoms with van der Waals surface area (Å²) in [5, 5.41) is 28.4. The van der Waals surface area contributed by atoms with Crippen molar-refractivity contribution in [1.29, 1.82) is 10.5 Å². The van der Waals surface area contributed by atoms with Gasteiger partial charge in [0, 0.05) is 22.5 Å². The third kappa shape index (κ3) is 12.1. The third-order valence-electron chi connectivity index (χ3n) is 10.3. The Kier molecular flexibility index (Phi) is 17.4. The number of nitrogens with zero attached hydrogens (tertiary/aromatic N) is 4. The highest BCUT2D eigenvalue weighted by Crippen LogP contribution is 2.38. The zero-order chi connectivity index (χ0) is 45.3. The molecule has 0 unspecified atom stereocenters. The van der Waals surface area contributed by atoms with Crippen LogP contribution in [0.5, 0.6) is 11.5 Å². The molecule has 0 aliphatic heterocycles. The first kappa shape index (κ1) is 46.9. The van der Waals surface area contributed by atoms with Crippen LogP contribution in [-0.2, 0) is 0 Å². The maximum atomic E-state index is 13.9. The number of rotatable bonds is 21. The van der Waals surface area contributed by atoms with Gasteiger partial charge in [-0.25, -0.2) is 9.97 Å². The Hall–Kier alpha value is -6.60. The molecule has 0 atom stereocenters. The van der Waals surface area contributed by atoms with Gasteiger partial charge in [0.2, 0.25) is 0 Å². The number of carbonyl (C=O) groups is 2. The Bertz CT molecular complexity index is 2430. The molecule has 326 valence electrons. The molecule has 0 saturated heterocycles. The fraction of sp³-hybridized carbons (Fsp3) is 0.269. The smallest absolute Gasteiger partial charge is 0.258 e. The number of amides is 2. The highest BCUT2D eigenvalue weighted by atomic mass is 32.2. The first-order valence-electron chi connectivity index (χ1n) is 21.6. The molecule has 4 aromatic carbocycles. The quantitative estimate of drug-likeness (QED) is 0.0528. The second-order valence-electron chi connectivity index (χ2n) is 15.0. The number of para-hydroxylation sites is 2. The summed E-state index contributed by atoms with van der Waals surface area (Å²) in [7, 11) is 0. The second kappa shape index (κ2) is 23.7. The molecule has 0 aliphatic rings. The molecule has 2 amide bonds. The van der Waals surface area contributed by atoms with E-state index in [1.165, 1.54) is 23.5 Å². The highest BCUT2D eigenvalue weighted by molar-refractivity contribution is 7.99. The molecular weight excluding hydrogens is 837 g/mol. The molecule has 0 spiro atoms. The van der Waals surface area contributed by atoms with Crippen LogP contribution in [0.4, 0.5) is 11.4 Å². The molecule has 0 bridgehead atoms. The molecule has 6 rings (SSSR count). The van der Waals surface area contributed by atoms with Gasteiger partial charge in [0.15, 0.2) is 0 Å². The Balaban J connectivity index is 1.21. The minimum atomic E-state index is -0.346. The van der Waals surface area contributed by atoms with Gasteiger partial charge in [-0.2, -0.15) is 10.5 Å². The van der Waals surface area contributed by atoms with E-state index in [-0.39, 0.29) is 11.8 Å². The van der Waals surface area contributed by atoms with E-state index in [1.807, 2.05) is 109 Å². The first-order chi connectivity index (χ1) is 31.3. The molecule has 2 heterocycles. The number of aromatic nitrogens is 2. The van der Waals surface area contributed by atoms with Crippen molar-refractivity contribution < 1.29 is 19.1 Å². The van der Waals surface area contributed by atoms with Crippen LogP contribution in [0.2, 0.25) is 0 Å². The second-order valence-corrected chi connectivity index (χ2v) is 17.1. The SMILES string of the molecule is CCCCOc1ccc(-c2c(C#N)c(SCCCCSc3nc(C)c(C(=O)Nc4ccccc4)c(-c4ccc(OCCCC)cc4)c3C#N)nc(C)c2C(=O)Nc2ccccc2)cc1. The van der Waals surface area contributed by atoms with Crippen LogP contribution < -0.4 is 20.1 Å². The average molecular weight is 889 g/mol. The van der Waals surface area contributed by atoms with Crippen molar-refractivity contribution >= 4 is 46.7 Å². The van der Waals surface area contributed by atoms with Gasteiger partial charge in [-0.05, 0) is 111 Å². The normalized spacial score (nSPS) is 10.7. The van der Waals surface area contributed by atoms with Crippen molar-refractivity contribution in [2.75, 3.05) is 35.4 Å². The Morgan fingerprint density at radius 2 is 0.938 bits per heavy atom. The number of anilines is 2. The van der Waals surface area contributed by atoms with Crippen molar-refractivity contribution in [3.05, 3.63) is 143 Å². The summed E-state index contributed by atoms with van der Waals surface area (Å²) in [5.74, 6) is 2.07. The summed E-state index contributed by atoms with van der Waals surface area (Å²) in [5.41, 5.74) is 6.18. The van der Waals surface area contributed by atoms with Crippen LogP contribution in [0.15, 0.2) is 119 Å². The largest absolute Gasteiger partial charge is 0.494 e. The molecule has 2 aromatic heterocycles. The number of ether oxygens (including phenoxy) is 2. The van der Waals surface area contributed by atoms with Crippen LogP contribution in [0.25, 0.3) is 22.3 Å². The molecule has 0 radical (unpaired) electrons. The van der Waals surface area contributed by atoms with Gasteiger partial charge in [-0.1, -0.05) is 87.4 Å². The minimum absolute atomic E-state index is 0.339. The maximum Gasteiger partial charge on any atom is 0.258 e. The lowest BCUT2D eigenvalue weighted by molar-refractivity contribution is 0.101. The van der Waals surface area contributed by atoms with Crippen molar-refractivity contribution in [2.24, 2.45) is 0 Å². The predicted octanol–water partition coefficient (Wildman–Crippen LogP) is 12.7. The van der Waals surface area contributed by atoms with Gasteiger partial charge >= 0.3 is 0 Å². The summed E-state index contributed by atoms with van der Waals surface area (Å²) in [4.78, 5) is 37.5. The standard InChI is InChI=1S/C52H52N6O4S2/c1-5-7-29-61-41-25-21-37(22-26-41)47-43(33-53)51(55-35(3)45(47)49(59)57-39-17-11-9-12-18-39)63-31-15-16-32-64-52-44(34-54)48(38-23-27-42(28-24-38)62-30-8-6-2)46(36(4)56-52)50(60)58-40-19-13-10-14-20-40/h9-14,17-28H,5-8,15-16,29-32H2,1-4H3,(H,57,59)(H,58,60). The number of unbranched alkanes of at least 4 members (excludes halogenated alkanes) is 3. The monoisotopic (exact) mass is 888 g/mol. The molecule has 12 heteroatoms. The van der Waals surface area contributed by atoms with Crippen LogP contribution in [-0.4, -0.2) is 46.5 Å². The summed E-state index contributed by atoms with van der Waals surface area (Å²) < 4.78 is 11.8. The first-order valence-corrected chi connectivity index (χ1v) is 23.6. The van der Waals surface area contributed by atoms with Gasteiger partial charge in [0.1, 0.15) is 33.7 Å². The summed E-state index contributed by atoms with van der Waals surface area (Å²) in [6, 6.07) is 38.2. The van der Waals surface area contributed by atoms with Crippen LogP contribution in [0.3, 0.4) is 0 Å². The number of hydrogen-bond acceptors (Lipinski definition) is 10. The predicted molar refractivity (Wildman–Crippen MR) is 259 cm³/mol. The van der Waals surface area contributed by atoms with E-state index >= 15 is 0 Å². The average Bonchev–Trinajstić information content (AvgIpc) is 3.31. The maximum absolute atomic E-state index is 13.9. The molecule has 10 nitrogen and oxygen atoms in total. The molecule has 64 heavy (non-hydrogen) atoms. The lowest BCUT2D eigenvalue weighted by atomic mass is 9.94. The van der Waals surface area contributed by atoms with Gasteiger partial charge in [-0.15, -0.1) is 23.5 Å². The number of nitrogens with one attached hydrogen (secondary N) is 2. The van der Waals surface area contributed by atoms with Gasteiger partial charge in [0.05, 0.1) is 46.9 Å². The molecular formula is C52H52N6O4S2. The molecule has 2 N–H and O–H groups in total. The summed E-state index contributed by atoms with van der Waals surface area (Å²) in [6.07, 6.45) is 5.50. The summed E-state index contributed by atoms with van der Waals surface area (Å²) in [6.45, 7) is 9.05. The van der Waals surface area contributed by atoms with E-state index in [0.717, 1.165) is 61.2 Å². The zero-order valence-electron chi connectivity index (χ0n) is 36.7. The number of hydrogen-bond donors (Lipinski definition) is 2. The minimum Gasteiger partial charge on any atom is -0.494 e. The number of pyridine rings is 2. The lowest BCUT2D eigenvalue weighted by Crippen LogP contribution is -2.17. The zero-order valence-corrected chi connectivity index (χ0v) is 38.3. The van der Waals surface area contributed by atoms with Crippen LogP contribution in [0, 0.1) is 36.5 Å². The van der Waals surface area contributed by atoms with Gasteiger partial charge in [-0.3, -0.25) is 9.59 Å². The number of nitriles is 2. The van der Waals surface area contributed by atoms with Gasteiger partial charge in [0.25, 0.3) is 11.8 Å². The summed E-state index contributed by atoms with van der Waals surface area (Å²) >= 11 is 2.97. The van der Waals surface area contributed by atoms with E-state index < -0.39 is 0 Å². The van der Waals surface area contributed by atoms with E-state index in [9.17, 15) is 20.1 Å². The van der Waals surface area contributed by atoms with Crippen molar-refractivity contribution in [3.8, 4) is 45.9 Å².